The van der Waals surface area contributed by atoms with Crippen molar-refractivity contribution < 1.29 is 9.21 Å². The molecule has 1 aliphatic rings. The Balaban J connectivity index is 0.00000304. The van der Waals surface area contributed by atoms with Gasteiger partial charge in [-0.1, -0.05) is 86.3 Å². The van der Waals surface area contributed by atoms with Crippen LogP contribution in [0.2, 0.25) is 0 Å². The highest BCUT2D eigenvalue weighted by Gasteiger charge is 2.26. The van der Waals surface area contributed by atoms with Crippen LogP contribution in [0.5, 0.6) is 0 Å². The molecule has 1 aromatic heterocycles. The SMILES string of the molecule is C.CN(C)C(=O)c1cccc(CC2CCCC=C2c2nc(-c3ccccc3)c(-c3ccccc3)o2)c1. The maximum atomic E-state index is 12.5. The number of benzene rings is 3. The zero-order chi connectivity index (χ0) is 24.2. The van der Waals surface area contributed by atoms with Crippen LogP contribution in [-0.4, -0.2) is 29.9 Å². The summed E-state index contributed by atoms with van der Waals surface area (Å²) in [6, 6.07) is 28.4. The van der Waals surface area contributed by atoms with Gasteiger partial charge in [0.15, 0.2) is 5.76 Å². The Bertz CT molecular complexity index is 1280. The fraction of sp³-hybridized carbons (Fsp3) is 0.250. The molecule has 3 aromatic carbocycles. The van der Waals surface area contributed by atoms with Crippen molar-refractivity contribution in [3.63, 3.8) is 0 Å². The van der Waals surface area contributed by atoms with E-state index in [0.717, 1.165) is 59.4 Å². The molecule has 0 aliphatic heterocycles. The molecule has 0 saturated carbocycles. The molecule has 0 spiro atoms. The highest BCUT2D eigenvalue weighted by Crippen LogP contribution is 2.40. The van der Waals surface area contributed by atoms with Gasteiger partial charge in [0.1, 0.15) is 5.69 Å². The minimum atomic E-state index is 0. The summed E-state index contributed by atoms with van der Waals surface area (Å²) >= 11 is 0. The Morgan fingerprint density at radius 3 is 2.33 bits per heavy atom. The number of hydrogen-bond donors (Lipinski definition) is 0. The van der Waals surface area contributed by atoms with Crippen LogP contribution >= 0.6 is 0 Å². The van der Waals surface area contributed by atoms with E-state index in [4.69, 9.17) is 9.40 Å². The Hall–Kier alpha value is -3.92. The number of nitrogens with zero attached hydrogens (tertiary/aromatic N) is 2. The molecule has 0 fully saturated rings. The predicted octanol–water partition coefficient (Wildman–Crippen LogP) is 7.77. The molecular formula is C32H34N2O2. The molecular weight excluding hydrogens is 444 g/mol. The second-order valence-corrected chi connectivity index (χ2v) is 9.32. The van der Waals surface area contributed by atoms with Crippen LogP contribution in [0.4, 0.5) is 0 Å². The number of amides is 1. The largest absolute Gasteiger partial charge is 0.436 e. The fourth-order valence-corrected chi connectivity index (χ4v) is 4.81. The van der Waals surface area contributed by atoms with E-state index in [-0.39, 0.29) is 13.3 Å². The molecule has 5 rings (SSSR count). The van der Waals surface area contributed by atoms with Crippen LogP contribution in [-0.2, 0) is 6.42 Å². The van der Waals surface area contributed by atoms with Gasteiger partial charge in [-0.3, -0.25) is 4.79 Å². The lowest BCUT2D eigenvalue weighted by Gasteiger charge is -2.23. The molecule has 1 aliphatic carbocycles. The summed E-state index contributed by atoms with van der Waals surface area (Å²) in [5.41, 5.74) is 5.99. The molecule has 1 heterocycles. The van der Waals surface area contributed by atoms with E-state index in [0.29, 0.717) is 11.8 Å². The topological polar surface area (TPSA) is 46.3 Å². The third-order valence-corrected chi connectivity index (χ3v) is 6.58. The highest BCUT2D eigenvalue weighted by molar-refractivity contribution is 5.94. The highest BCUT2D eigenvalue weighted by atomic mass is 16.4. The minimum absolute atomic E-state index is 0. The van der Waals surface area contributed by atoms with Crippen LogP contribution in [0.25, 0.3) is 28.2 Å². The number of aromatic nitrogens is 1. The van der Waals surface area contributed by atoms with E-state index in [1.807, 2.05) is 54.6 Å². The second-order valence-electron chi connectivity index (χ2n) is 9.32. The standard InChI is InChI=1S/C31H30N2O2.CH4/c1-33(2)31(34)26-18-11-12-22(21-26)20-25-17-9-10-19-27(25)30-32-28(23-13-5-3-6-14-23)29(35-30)24-15-7-4-8-16-24;/h3-8,11-16,18-19,21,25H,9-10,17,20H2,1-2H3;1H4. The Morgan fingerprint density at radius 2 is 1.64 bits per heavy atom. The van der Waals surface area contributed by atoms with Crippen molar-refractivity contribution >= 4 is 11.5 Å². The van der Waals surface area contributed by atoms with Gasteiger partial charge in [0, 0.05) is 36.4 Å². The maximum Gasteiger partial charge on any atom is 0.253 e. The molecule has 1 atom stereocenters. The first kappa shape index (κ1) is 25.2. The summed E-state index contributed by atoms with van der Waals surface area (Å²) in [6.07, 6.45) is 6.38. The van der Waals surface area contributed by atoms with Gasteiger partial charge in [-0.2, -0.15) is 0 Å². The van der Waals surface area contributed by atoms with Gasteiger partial charge >= 0.3 is 0 Å². The molecule has 36 heavy (non-hydrogen) atoms. The Labute approximate surface area is 214 Å². The molecule has 4 heteroatoms. The van der Waals surface area contributed by atoms with Gasteiger partial charge in [0.2, 0.25) is 5.89 Å². The number of allylic oxidation sites excluding steroid dienone is 2. The van der Waals surface area contributed by atoms with E-state index in [1.54, 1.807) is 19.0 Å². The summed E-state index contributed by atoms with van der Waals surface area (Å²) in [5, 5.41) is 0. The van der Waals surface area contributed by atoms with E-state index < -0.39 is 0 Å². The van der Waals surface area contributed by atoms with E-state index >= 15 is 0 Å². The molecule has 0 bridgehead atoms. The quantitative estimate of drug-likeness (QED) is 0.284. The normalized spacial score (nSPS) is 15.1. The Kier molecular flexibility index (Phi) is 7.84. The van der Waals surface area contributed by atoms with Crippen molar-refractivity contribution in [1.29, 1.82) is 0 Å². The number of rotatable bonds is 6. The molecule has 1 unspecified atom stereocenters. The number of carbonyl (C=O) groups is 1. The lowest BCUT2D eigenvalue weighted by Crippen LogP contribution is -2.21. The lowest BCUT2D eigenvalue weighted by atomic mass is 9.83. The van der Waals surface area contributed by atoms with E-state index in [9.17, 15) is 4.79 Å². The summed E-state index contributed by atoms with van der Waals surface area (Å²) in [4.78, 5) is 19.1. The zero-order valence-corrected chi connectivity index (χ0v) is 20.3. The van der Waals surface area contributed by atoms with Crippen molar-refractivity contribution in [3.05, 3.63) is 108 Å². The molecule has 0 saturated heterocycles. The van der Waals surface area contributed by atoms with Gasteiger partial charge in [-0.05, 0) is 49.3 Å². The predicted molar refractivity (Wildman–Crippen MR) is 148 cm³/mol. The van der Waals surface area contributed by atoms with Crippen LogP contribution in [0, 0.1) is 5.92 Å². The molecule has 0 N–H and O–H groups in total. The molecule has 184 valence electrons. The fourth-order valence-electron chi connectivity index (χ4n) is 4.81. The van der Waals surface area contributed by atoms with Crippen LogP contribution in [0.3, 0.4) is 0 Å². The number of oxazole rings is 1. The molecule has 0 radical (unpaired) electrons. The lowest BCUT2D eigenvalue weighted by molar-refractivity contribution is 0.0827. The first-order chi connectivity index (χ1) is 17.1. The zero-order valence-electron chi connectivity index (χ0n) is 20.3. The van der Waals surface area contributed by atoms with E-state index in [1.165, 1.54) is 5.57 Å². The van der Waals surface area contributed by atoms with Crippen LogP contribution in [0.15, 0.2) is 95.4 Å². The van der Waals surface area contributed by atoms with Crippen molar-refractivity contribution in [3.8, 4) is 22.6 Å². The van der Waals surface area contributed by atoms with Crippen molar-refractivity contribution in [1.82, 2.24) is 9.88 Å². The average Bonchev–Trinajstić information content (AvgIpc) is 3.35. The third-order valence-electron chi connectivity index (χ3n) is 6.58. The maximum absolute atomic E-state index is 12.5. The van der Waals surface area contributed by atoms with Crippen LogP contribution < -0.4 is 0 Å². The average molecular weight is 479 g/mol. The third kappa shape index (κ3) is 5.33. The van der Waals surface area contributed by atoms with E-state index in [2.05, 4.69) is 36.4 Å². The van der Waals surface area contributed by atoms with Gasteiger partial charge in [0.25, 0.3) is 5.91 Å². The van der Waals surface area contributed by atoms with Gasteiger partial charge in [-0.25, -0.2) is 4.98 Å². The number of carbonyl (C=O) groups excluding carboxylic acids is 1. The van der Waals surface area contributed by atoms with Crippen molar-refractivity contribution in [2.24, 2.45) is 5.92 Å². The summed E-state index contributed by atoms with van der Waals surface area (Å²) in [7, 11) is 3.57. The number of hydrogen-bond acceptors (Lipinski definition) is 3. The summed E-state index contributed by atoms with van der Waals surface area (Å²) in [6.45, 7) is 0. The minimum Gasteiger partial charge on any atom is -0.436 e. The Morgan fingerprint density at radius 1 is 0.944 bits per heavy atom. The molecule has 4 aromatic rings. The van der Waals surface area contributed by atoms with Gasteiger partial charge in [0.05, 0.1) is 0 Å². The van der Waals surface area contributed by atoms with Crippen molar-refractivity contribution in [2.75, 3.05) is 14.1 Å². The summed E-state index contributed by atoms with van der Waals surface area (Å²) < 4.78 is 6.52. The first-order valence-corrected chi connectivity index (χ1v) is 12.2. The summed E-state index contributed by atoms with van der Waals surface area (Å²) in [5.74, 6) is 1.82. The van der Waals surface area contributed by atoms with Gasteiger partial charge < -0.3 is 9.32 Å². The molecule has 4 nitrogen and oxygen atoms in total. The molecule has 1 amide bonds. The smallest absolute Gasteiger partial charge is 0.253 e. The monoisotopic (exact) mass is 478 g/mol. The first-order valence-electron chi connectivity index (χ1n) is 12.2. The van der Waals surface area contributed by atoms with Crippen LogP contribution in [0.1, 0.15) is 48.5 Å². The second kappa shape index (κ2) is 11.2. The van der Waals surface area contributed by atoms with Gasteiger partial charge in [-0.15, -0.1) is 0 Å². The van der Waals surface area contributed by atoms with Crippen molar-refractivity contribution in [2.45, 2.75) is 33.1 Å².